The molecule has 0 heterocycles. The van der Waals surface area contributed by atoms with Crippen LogP contribution in [0.4, 0.5) is 13.2 Å². The fraction of sp³-hybridized carbons (Fsp3) is 0.238. The number of carbonyl (C=O) groups excluding carboxylic acids is 1. The first-order valence-electron chi connectivity index (χ1n) is 8.46. The van der Waals surface area contributed by atoms with Gasteiger partial charge in [-0.25, -0.2) is 0 Å². The van der Waals surface area contributed by atoms with E-state index in [1.165, 1.54) is 17.8 Å². The van der Waals surface area contributed by atoms with Crippen LogP contribution in [0.25, 0.3) is 4.91 Å². The number of aliphatic imine (C=N–C) groups is 1. The molecule has 0 saturated heterocycles. The Morgan fingerprint density at radius 3 is 2.61 bits per heavy atom. The number of hydrogen-bond donors (Lipinski definition) is 1. The highest BCUT2D eigenvalue weighted by molar-refractivity contribution is 8.08. The fourth-order valence-corrected chi connectivity index (χ4v) is 3.75. The lowest BCUT2D eigenvalue weighted by molar-refractivity contribution is -0.137. The van der Waals surface area contributed by atoms with Gasteiger partial charge >= 0.3 is 6.18 Å². The molecule has 0 unspecified atom stereocenters. The molecule has 2 rings (SSSR count). The van der Waals surface area contributed by atoms with Gasteiger partial charge in [0.2, 0.25) is 0 Å². The highest BCUT2D eigenvalue weighted by atomic mass is 32.2. The third-order valence-corrected chi connectivity index (χ3v) is 5.39. The first-order chi connectivity index (χ1) is 13.3. The smallest absolute Gasteiger partial charge is 0.392 e. The Labute approximate surface area is 166 Å². The summed E-state index contributed by atoms with van der Waals surface area (Å²) < 4.78 is 38.5. The van der Waals surface area contributed by atoms with Crippen molar-refractivity contribution in [2.45, 2.75) is 26.1 Å². The molecule has 0 aromatic heterocycles. The molecule has 0 radical (unpaired) electrons. The maximum absolute atomic E-state index is 12.8. The Morgan fingerprint density at radius 1 is 1.25 bits per heavy atom. The SMILES string of the molecule is C=N/C(C)=C(\SCCc1cccc(C(F)(F)F)c1)c1ccc(C=O)c(CO)c1. The van der Waals surface area contributed by atoms with E-state index in [4.69, 9.17) is 0 Å². The normalized spacial score (nSPS) is 12.5. The van der Waals surface area contributed by atoms with Crippen molar-refractivity contribution in [3.63, 3.8) is 0 Å². The first-order valence-corrected chi connectivity index (χ1v) is 9.44. The quantitative estimate of drug-likeness (QED) is 0.472. The molecule has 3 nitrogen and oxygen atoms in total. The second-order valence-electron chi connectivity index (χ2n) is 6.06. The standard InChI is InChI=1S/C21H20F3NO2S/c1-14(25-2)20(16-6-7-17(12-26)18(11-16)13-27)28-9-8-15-4-3-5-19(10-15)21(22,23)24/h3-7,10-12,27H,2,8-9,13H2,1H3/b20-14-. The van der Waals surface area contributed by atoms with E-state index in [2.05, 4.69) is 11.7 Å². The van der Waals surface area contributed by atoms with E-state index in [0.29, 0.717) is 40.8 Å². The zero-order valence-corrected chi connectivity index (χ0v) is 16.1. The number of nitrogens with zero attached hydrogens (tertiary/aromatic N) is 1. The molecule has 0 aliphatic carbocycles. The van der Waals surface area contributed by atoms with E-state index < -0.39 is 11.7 Å². The lowest BCUT2D eigenvalue weighted by atomic mass is 10.0. The lowest BCUT2D eigenvalue weighted by Crippen LogP contribution is -2.05. The van der Waals surface area contributed by atoms with Crippen molar-refractivity contribution >= 4 is 29.7 Å². The van der Waals surface area contributed by atoms with Crippen molar-refractivity contribution < 1.29 is 23.1 Å². The van der Waals surface area contributed by atoms with Crippen LogP contribution in [0.15, 0.2) is 53.2 Å². The second kappa shape index (κ2) is 9.71. The summed E-state index contributed by atoms with van der Waals surface area (Å²) in [5.74, 6) is 0.535. The predicted molar refractivity (Wildman–Crippen MR) is 108 cm³/mol. The Bertz CT molecular complexity index is 891. The number of thioether (sulfide) groups is 1. The monoisotopic (exact) mass is 407 g/mol. The van der Waals surface area contributed by atoms with E-state index in [0.717, 1.165) is 22.6 Å². The number of carbonyl (C=O) groups is 1. The molecule has 0 spiro atoms. The molecule has 0 saturated carbocycles. The van der Waals surface area contributed by atoms with E-state index in [-0.39, 0.29) is 6.61 Å². The minimum Gasteiger partial charge on any atom is -0.392 e. The molecule has 2 aromatic rings. The van der Waals surface area contributed by atoms with Crippen LogP contribution in [0.1, 0.15) is 39.5 Å². The summed E-state index contributed by atoms with van der Waals surface area (Å²) in [5.41, 5.74) is 2.28. The van der Waals surface area contributed by atoms with Gasteiger partial charge in [-0.05, 0) is 48.9 Å². The molecule has 0 fully saturated rings. The van der Waals surface area contributed by atoms with Crippen molar-refractivity contribution in [2.75, 3.05) is 5.75 Å². The maximum Gasteiger partial charge on any atom is 0.416 e. The molecule has 28 heavy (non-hydrogen) atoms. The summed E-state index contributed by atoms with van der Waals surface area (Å²) in [7, 11) is 0. The largest absolute Gasteiger partial charge is 0.416 e. The molecule has 0 aliphatic heterocycles. The number of aryl methyl sites for hydroxylation is 1. The van der Waals surface area contributed by atoms with Gasteiger partial charge in [0.15, 0.2) is 0 Å². The van der Waals surface area contributed by atoms with Crippen LogP contribution < -0.4 is 0 Å². The highest BCUT2D eigenvalue weighted by Crippen LogP contribution is 2.34. The minimum atomic E-state index is -4.36. The lowest BCUT2D eigenvalue weighted by Gasteiger charge is -2.13. The van der Waals surface area contributed by atoms with Crippen LogP contribution in [0.3, 0.4) is 0 Å². The van der Waals surface area contributed by atoms with Gasteiger partial charge in [-0.1, -0.05) is 30.3 Å². The second-order valence-corrected chi connectivity index (χ2v) is 7.16. The minimum absolute atomic E-state index is 0.273. The predicted octanol–water partition coefficient (Wildman–Crippen LogP) is 5.38. The molecule has 7 heteroatoms. The van der Waals surface area contributed by atoms with Crippen LogP contribution in [-0.4, -0.2) is 23.9 Å². The maximum atomic E-state index is 12.8. The van der Waals surface area contributed by atoms with E-state index in [1.807, 2.05) is 0 Å². The number of rotatable bonds is 8. The molecule has 0 amide bonds. The Balaban J connectivity index is 2.19. The van der Waals surface area contributed by atoms with Crippen molar-refractivity contribution in [3.8, 4) is 0 Å². The van der Waals surface area contributed by atoms with Gasteiger partial charge in [0.1, 0.15) is 6.29 Å². The Hall–Kier alpha value is -2.38. The molecular weight excluding hydrogens is 387 g/mol. The van der Waals surface area contributed by atoms with Gasteiger partial charge in [-0.2, -0.15) is 13.2 Å². The van der Waals surface area contributed by atoms with Gasteiger partial charge in [-0.3, -0.25) is 9.79 Å². The fourth-order valence-electron chi connectivity index (χ4n) is 2.64. The third kappa shape index (κ3) is 5.56. The van der Waals surface area contributed by atoms with Gasteiger partial charge in [-0.15, -0.1) is 11.8 Å². The number of aliphatic hydroxyl groups is 1. The van der Waals surface area contributed by atoms with Crippen molar-refractivity contribution in [3.05, 3.63) is 76.0 Å². The summed E-state index contributed by atoms with van der Waals surface area (Å²) in [6, 6.07) is 10.4. The number of allylic oxidation sites excluding steroid dienone is 1. The van der Waals surface area contributed by atoms with E-state index >= 15 is 0 Å². The van der Waals surface area contributed by atoms with E-state index in [1.54, 1.807) is 31.2 Å². The molecule has 2 aromatic carbocycles. The van der Waals surface area contributed by atoms with Crippen LogP contribution in [-0.2, 0) is 19.2 Å². The molecular formula is C21H20F3NO2S. The summed E-state index contributed by atoms with van der Waals surface area (Å²) >= 11 is 1.44. The van der Waals surface area contributed by atoms with Gasteiger partial charge < -0.3 is 5.11 Å². The number of aliphatic hydroxyl groups excluding tert-OH is 1. The van der Waals surface area contributed by atoms with Crippen LogP contribution in [0.5, 0.6) is 0 Å². The van der Waals surface area contributed by atoms with Crippen LogP contribution >= 0.6 is 11.8 Å². The highest BCUT2D eigenvalue weighted by Gasteiger charge is 2.30. The van der Waals surface area contributed by atoms with Crippen molar-refractivity contribution in [1.29, 1.82) is 0 Å². The third-order valence-electron chi connectivity index (χ3n) is 4.16. The number of benzene rings is 2. The van der Waals surface area contributed by atoms with E-state index in [9.17, 15) is 23.1 Å². The van der Waals surface area contributed by atoms with Crippen LogP contribution in [0, 0.1) is 0 Å². The zero-order valence-electron chi connectivity index (χ0n) is 15.3. The molecule has 148 valence electrons. The van der Waals surface area contributed by atoms with Crippen molar-refractivity contribution in [2.24, 2.45) is 4.99 Å². The molecule has 0 bridgehead atoms. The van der Waals surface area contributed by atoms with Crippen molar-refractivity contribution in [1.82, 2.24) is 0 Å². The molecule has 0 atom stereocenters. The number of alkyl halides is 3. The van der Waals surface area contributed by atoms with Gasteiger partial charge in [0, 0.05) is 16.2 Å². The van der Waals surface area contributed by atoms with Crippen LogP contribution in [0.2, 0.25) is 0 Å². The summed E-state index contributed by atoms with van der Waals surface area (Å²) in [6.45, 7) is 5.05. The molecule has 0 aliphatic rings. The number of aldehydes is 1. The molecule has 1 N–H and O–H groups in total. The summed E-state index contributed by atoms with van der Waals surface area (Å²) in [4.78, 5) is 15.8. The van der Waals surface area contributed by atoms with Gasteiger partial charge in [0.25, 0.3) is 0 Å². The first kappa shape index (κ1) is 21.9. The summed E-state index contributed by atoms with van der Waals surface area (Å²) in [5, 5.41) is 9.46. The van der Waals surface area contributed by atoms with Gasteiger partial charge in [0.05, 0.1) is 17.9 Å². The Kier molecular flexibility index (Phi) is 7.60. The number of hydrogen-bond acceptors (Lipinski definition) is 4. The topological polar surface area (TPSA) is 49.7 Å². The average molecular weight is 407 g/mol. The Morgan fingerprint density at radius 2 is 2.00 bits per heavy atom. The number of halogens is 3. The zero-order chi connectivity index (χ0) is 20.7. The summed E-state index contributed by atoms with van der Waals surface area (Å²) in [6.07, 6.45) is -3.24. The average Bonchev–Trinajstić information content (AvgIpc) is 2.69.